The molecule has 1 aliphatic rings. The van der Waals surface area contributed by atoms with Crippen LogP contribution in [0.5, 0.6) is 5.75 Å². The lowest BCUT2D eigenvalue weighted by molar-refractivity contribution is 0.0422. The van der Waals surface area contributed by atoms with Crippen LogP contribution in [-0.2, 0) is 10.0 Å². The molecule has 1 aliphatic carbocycles. The number of ether oxygens (including phenoxy) is 1. The molecule has 112 valence electrons. The summed E-state index contributed by atoms with van der Waals surface area (Å²) < 4.78 is 32.0. The van der Waals surface area contributed by atoms with Crippen LogP contribution in [0.4, 0.5) is 0 Å². The van der Waals surface area contributed by atoms with E-state index in [0.717, 1.165) is 18.4 Å². The zero-order chi connectivity index (χ0) is 15.0. The molecule has 1 atom stereocenters. The number of hydrogen-bond donors (Lipinski definition) is 2. The summed E-state index contributed by atoms with van der Waals surface area (Å²) in [5.41, 5.74) is -0.224. The predicted molar refractivity (Wildman–Crippen MR) is 76.3 cm³/mol. The molecular weight excluding hydrogens is 278 g/mol. The van der Waals surface area contributed by atoms with Crippen LogP contribution in [-0.4, -0.2) is 32.8 Å². The first-order chi connectivity index (χ1) is 9.26. The van der Waals surface area contributed by atoms with Gasteiger partial charge in [0.25, 0.3) is 0 Å². The number of sulfonamides is 1. The smallest absolute Gasteiger partial charge is 0.240 e. The summed E-state index contributed by atoms with van der Waals surface area (Å²) in [6.07, 6.45) is 1.91. The summed E-state index contributed by atoms with van der Waals surface area (Å²) in [4.78, 5) is 0.183. The van der Waals surface area contributed by atoms with Crippen molar-refractivity contribution in [3.8, 4) is 5.75 Å². The van der Waals surface area contributed by atoms with Gasteiger partial charge in [-0.3, -0.25) is 0 Å². The normalized spacial score (nSPS) is 18.6. The second-order valence-electron chi connectivity index (χ2n) is 5.59. The lowest BCUT2D eigenvalue weighted by Gasteiger charge is -2.23. The summed E-state index contributed by atoms with van der Waals surface area (Å²) in [7, 11) is -2.07. The third-order valence-electron chi connectivity index (χ3n) is 3.75. The molecule has 0 radical (unpaired) electrons. The minimum Gasteiger partial charge on any atom is -0.496 e. The number of benzene rings is 1. The Balaban J connectivity index is 2.12. The summed E-state index contributed by atoms with van der Waals surface area (Å²) in [5, 5.41) is 10.2. The van der Waals surface area contributed by atoms with E-state index in [0.29, 0.717) is 5.75 Å². The molecule has 20 heavy (non-hydrogen) atoms. The number of aryl methyl sites for hydroxylation is 1. The van der Waals surface area contributed by atoms with Crippen molar-refractivity contribution in [2.24, 2.45) is 5.92 Å². The number of hydrogen-bond acceptors (Lipinski definition) is 4. The molecule has 1 fully saturated rings. The highest BCUT2D eigenvalue weighted by molar-refractivity contribution is 7.89. The van der Waals surface area contributed by atoms with Crippen molar-refractivity contribution in [1.29, 1.82) is 0 Å². The molecule has 0 bridgehead atoms. The minimum atomic E-state index is -3.61. The molecule has 0 aromatic heterocycles. The Morgan fingerprint density at radius 2 is 2.10 bits per heavy atom. The molecule has 1 aromatic rings. The molecule has 1 saturated carbocycles. The number of rotatable bonds is 6. The summed E-state index contributed by atoms with van der Waals surface area (Å²) in [5.74, 6) is 0.844. The highest BCUT2D eigenvalue weighted by Crippen LogP contribution is 2.39. The van der Waals surface area contributed by atoms with E-state index in [4.69, 9.17) is 4.74 Å². The number of nitrogens with one attached hydrogen (secondary N) is 1. The van der Waals surface area contributed by atoms with Gasteiger partial charge in [-0.25, -0.2) is 13.1 Å². The van der Waals surface area contributed by atoms with Crippen molar-refractivity contribution in [2.45, 2.75) is 37.2 Å². The largest absolute Gasteiger partial charge is 0.496 e. The standard InChI is InChI=1S/C14H21NO4S/c1-10-8-12(6-7-13(10)19-3)20(17,18)15-9-14(2,16)11-4-5-11/h6-8,11,15-16H,4-5,9H2,1-3H3. The fourth-order valence-corrected chi connectivity index (χ4v) is 3.42. The van der Waals surface area contributed by atoms with Gasteiger partial charge < -0.3 is 9.84 Å². The van der Waals surface area contributed by atoms with Crippen molar-refractivity contribution in [2.75, 3.05) is 13.7 Å². The van der Waals surface area contributed by atoms with E-state index in [2.05, 4.69) is 4.72 Å². The lowest BCUT2D eigenvalue weighted by atomic mass is 10.0. The Morgan fingerprint density at radius 1 is 1.45 bits per heavy atom. The van der Waals surface area contributed by atoms with Crippen molar-refractivity contribution in [1.82, 2.24) is 4.72 Å². The molecular formula is C14H21NO4S. The van der Waals surface area contributed by atoms with Crippen LogP contribution in [0.2, 0.25) is 0 Å². The van der Waals surface area contributed by atoms with Gasteiger partial charge in [0.2, 0.25) is 10.0 Å². The fraction of sp³-hybridized carbons (Fsp3) is 0.571. The zero-order valence-corrected chi connectivity index (χ0v) is 12.8. The van der Waals surface area contributed by atoms with Gasteiger partial charge in [-0.15, -0.1) is 0 Å². The predicted octanol–water partition coefficient (Wildman–Crippen LogP) is 1.44. The molecule has 0 aliphatic heterocycles. The monoisotopic (exact) mass is 299 g/mol. The maximum absolute atomic E-state index is 12.2. The Bertz CT molecular complexity index is 591. The third-order valence-corrected chi connectivity index (χ3v) is 5.15. The van der Waals surface area contributed by atoms with Gasteiger partial charge in [0.1, 0.15) is 5.75 Å². The fourth-order valence-electron chi connectivity index (χ4n) is 2.19. The number of methoxy groups -OCH3 is 1. The Morgan fingerprint density at radius 3 is 2.60 bits per heavy atom. The van der Waals surface area contributed by atoms with Crippen LogP contribution >= 0.6 is 0 Å². The van der Waals surface area contributed by atoms with Crippen molar-refractivity contribution >= 4 is 10.0 Å². The molecule has 2 N–H and O–H groups in total. The highest BCUT2D eigenvalue weighted by Gasteiger charge is 2.40. The van der Waals surface area contributed by atoms with E-state index >= 15 is 0 Å². The van der Waals surface area contributed by atoms with E-state index in [9.17, 15) is 13.5 Å². The molecule has 1 aromatic carbocycles. The molecule has 0 spiro atoms. The Kier molecular flexibility index (Phi) is 4.09. The van der Waals surface area contributed by atoms with Crippen LogP contribution in [0.3, 0.4) is 0 Å². The average Bonchev–Trinajstić information content (AvgIpc) is 3.21. The van der Waals surface area contributed by atoms with Gasteiger partial charge in [-0.2, -0.15) is 0 Å². The lowest BCUT2D eigenvalue weighted by Crippen LogP contribution is -2.42. The van der Waals surface area contributed by atoms with Crippen LogP contribution in [0, 0.1) is 12.8 Å². The van der Waals surface area contributed by atoms with E-state index in [1.165, 1.54) is 6.07 Å². The average molecular weight is 299 g/mol. The number of aliphatic hydroxyl groups is 1. The first-order valence-electron chi connectivity index (χ1n) is 6.63. The van der Waals surface area contributed by atoms with E-state index in [1.807, 2.05) is 0 Å². The van der Waals surface area contributed by atoms with Gasteiger partial charge in [0.05, 0.1) is 17.6 Å². The first kappa shape index (κ1) is 15.3. The van der Waals surface area contributed by atoms with E-state index in [1.54, 1.807) is 33.1 Å². The topological polar surface area (TPSA) is 75.6 Å². The van der Waals surface area contributed by atoms with Crippen LogP contribution in [0.15, 0.2) is 23.1 Å². The summed E-state index contributed by atoms with van der Waals surface area (Å²) >= 11 is 0. The van der Waals surface area contributed by atoms with Gasteiger partial charge >= 0.3 is 0 Å². The summed E-state index contributed by atoms with van der Waals surface area (Å²) in [6.45, 7) is 3.50. The molecule has 1 unspecified atom stereocenters. The second kappa shape index (κ2) is 5.35. The Labute approximate surface area is 120 Å². The SMILES string of the molecule is COc1ccc(S(=O)(=O)NCC(C)(O)C2CC2)cc1C. The van der Waals surface area contributed by atoms with Crippen molar-refractivity contribution in [3.05, 3.63) is 23.8 Å². The zero-order valence-electron chi connectivity index (χ0n) is 12.0. The highest BCUT2D eigenvalue weighted by atomic mass is 32.2. The molecule has 6 heteroatoms. The van der Waals surface area contributed by atoms with Crippen LogP contribution in [0.1, 0.15) is 25.3 Å². The minimum absolute atomic E-state index is 0.0328. The van der Waals surface area contributed by atoms with Crippen molar-refractivity contribution in [3.63, 3.8) is 0 Å². The van der Waals surface area contributed by atoms with Gasteiger partial charge in [-0.1, -0.05) is 0 Å². The van der Waals surface area contributed by atoms with Crippen LogP contribution < -0.4 is 9.46 Å². The summed E-state index contributed by atoms with van der Waals surface area (Å²) in [6, 6.07) is 4.69. The van der Waals surface area contributed by atoms with Gasteiger partial charge in [0.15, 0.2) is 0 Å². The molecule has 0 heterocycles. The van der Waals surface area contributed by atoms with Gasteiger partial charge in [0, 0.05) is 6.54 Å². The van der Waals surface area contributed by atoms with E-state index in [-0.39, 0.29) is 17.4 Å². The second-order valence-corrected chi connectivity index (χ2v) is 7.35. The molecule has 5 nitrogen and oxygen atoms in total. The maximum Gasteiger partial charge on any atom is 0.240 e. The van der Waals surface area contributed by atoms with E-state index < -0.39 is 15.6 Å². The van der Waals surface area contributed by atoms with Crippen molar-refractivity contribution < 1.29 is 18.3 Å². The van der Waals surface area contributed by atoms with Gasteiger partial charge in [-0.05, 0) is 56.4 Å². The molecule has 0 amide bonds. The maximum atomic E-state index is 12.2. The molecule has 2 rings (SSSR count). The Hall–Kier alpha value is -1.11. The van der Waals surface area contributed by atoms with Crippen LogP contribution in [0.25, 0.3) is 0 Å². The molecule has 0 saturated heterocycles. The quantitative estimate of drug-likeness (QED) is 0.833. The third kappa shape index (κ3) is 3.31. The first-order valence-corrected chi connectivity index (χ1v) is 8.11.